The van der Waals surface area contributed by atoms with E-state index in [-0.39, 0.29) is 0 Å². The number of nitrogen functional groups attached to an aromatic ring is 2. The molecule has 1 aromatic heterocycles. The van der Waals surface area contributed by atoms with Gasteiger partial charge in [-0.05, 0) is 0 Å². The minimum absolute atomic E-state index is 0.344. The second-order valence-electron chi connectivity index (χ2n) is 2.75. The van der Waals surface area contributed by atoms with E-state index in [4.69, 9.17) is 11.5 Å². The summed E-state index contributed by atoms with van der Waals surface area (Å²) >= 11 is 0. The summed E-state index contributed by atoms with van der Waals surface area (Å²) < 4.78 is 0. The van der Waals surface area contributed by atoms with Crippen molar-refractivity contribution in [2.45, 2.75) is 0 Å². The first-order valence-corrected chi connectivity index (χ1v) is 3.94. The average Bonchev–Trinajstić information content (AvgIpc) is 2.47. The standard InChI is InChI=1S/C9H10N4/c10-8-7(12-9(11)13-8)6-4-2-1-3-5-6/h1-5H,10H2,(H3,11,12,13). The fourth-order valence-corrected chi connectivity index (χ4v) is 1.23. The first kappa shape index (κ1) is 7.67. The van der Waals surface area contributed by atoms with Crippen LogP contribution >= 0.6 is 0 Å². The summed E-state index contributed by atoms with van der Waals surface area (Å²) in [7, 11) is 0. The van der Waals surface area contributed by atoms with Crippen molar-refractivity contribution in [3.63, 3.8) is 0 Å². The molecular formula is C9H10N4. The molecule has 0 aliphatic rings. The number of rotatable bonds is 1. The van der Waals surface area contributed by atoms with Gasteiger partial charge in [0.15, 0.2) is 11.8 Å². The average molecular weight is 174 g/mol. The molecule has 0 saturated heterocycles. The maximum atomic E-state index is 5.65. The molecule has 0 aliphatic carbocycles. The molecule has 2 rings (SSSR count). The van der Waals surface area contributed by atoms with Gasteiger partial charge in [0.2, 0.25) is 0 Å². The molecule has 13 heavy (non-hydrogen) atoms. The molecule has 0 amide bonds. The Hall–Kier alpha value is -1.97. The molecule has 0 unspecified atom stereocenters. The van der Waals surface area contributed by atoms with Gasteiger partial charge < -0.3 is 16.5 Å². The molecule has 0 aliphatic heterocycles. The van der Waals surface area contributed by atoms with Crippen LogP contribution in [0.1, 0.15) is 0 Å². The van der Waals surface area contributed by atoms with E-state index >= 15 is 0 Å². The maximum absolute atomic E-state index is 5.65. The van der Waals surface area contributed by atoms with E-state index < -0.39 is 0 Å². The normalized spacial score (nSPS) is 10.2. The highest BCUT2D eigenvalue weighted by atomic mass is 15.1. The zero-order valence-electron chi connectivity index (χ0n) is 6.99. The molecule has 66 valence electrons. The third-order valence-electron chi connectivity index (χ3n) is 1.81. The third-order valence-corrected chi connectivity index (χ3v) is 1.81. The zero-order chi connectivity index (χ0) is 9.26. The third kappa shape index (κ3) is 1.33. The molecule has 4 nitrogen and oxygen atoms in total. The van der Waals surface area contributed by atoms with Gasteiger partial charge in [0.25, 0.3) is 0 Å². The maximum Gasteiger partial charge on any atom is 0.199 e. The second kappa shape index (κ2) is 2.82. The number of nitrogens with zero attached hydrogens (tertiary/aromatic N) is 1. The van der Waals surface area contributed by atoms with Crippen LogP contribution in [0.15, 0.2) is 30.3 Å². The molecule has 1 aromatic carbocycles. The van der Waals surface area contributed by atoms with E-state index in [2.05, 4.69) is 9.97 Å². The summed E-state index contributed by atoms with van der Waals surface area (Å²) in [6, 6.07) is 9.71. The molecule has 0 fully saturated rings. The minimum Gasteiger partial charge on any atom is -0.382 e. The molecule has 0 atom stereocenters. The summed E-state index contributed by atoms with van der Waals surface area (Å²) in [5.74, 6) is 0.778. The van der Waals surface area contributed by atoms with Gasteiger partial charge in [-0.15, -0.1) is 0 Å². The number of hydrogen-bond acceptors (Lipinski definition) is 3. The van der Waals surface area contributed by atoms with Gasteiger partial charge in [0.05, 0.1) is 5.69 Å². The van der Waals surface area contributed by atoms with Crippen LogP contribution < -0.4 is 11.5 Å². The molecule has 4 heteroatoms. The van der Waals surface area contributed by atoms with E-state index in [9.17, 15) is 0 Å². The molecule has 1 heterocycles. The summed E-state index contributed by atoms with van der Waals surface area (Å²) in [6.07, 6.45) is 0. The number of hydrogen-bond donors (Lipinski definition) is 3. The molecule has 2 aromatic rings. The molecule has 0 bridgehead atoms. The van der Waals surface area contributed by atoms with Crippen LogP contribution in [-0.4, -0.2) is 9.97 Å². The Morgan fingerprint density at radius 3 is 2.31 bits per heavy atom. The molecule has 5 N–H and O–H groups in total. The molecule has 0 spiro atoms. The summed E-state index contributed by atoms with van der Waals surface area (Å²) in [4.78, 5) is 6.79. The summed E-state index contributed by atoms with van der Waals surface area (Å²) in [5, 5.41) is 0. The summed E-state index contributed by atoms with van der Waals surface area (Å²) in [6.45, 7) is 0. The van der Waals surface area contributed by atoms with Crippen molar-refractivity contribution in [1.29, 1.82) is 0 Å². The number of benzene rings is 1. The van der Waals surface area contributed by atoms with E-state index in [1.165, 1.54) is 0 Å². The van der Waals surface area contributed by atoms with Crippen LogP contribution in [0.25, 0.3) is 11.3 Å². The number of aromatic nitrogens is 2. The van der Waals surface area contributed by atoms with Crippen molar-refractivity contribution in [3.05, 3.63) is 30.3 Å². The minimum atomic E-state index is 0.344. The van der Waals surface area contributed by atoms with E-state index in [1.54, 1.807) is 0 Å². The predicted molar refractivity (Wildman–Crippen MR) is 52.8 cm³/mol. The number of imidazole rings is 1. The van der Waals surface area contributed by atoms with Crippen molar-refractivity contribution in [1.82, 2.24) is 9.97 Å². The molecule has 0 saturated carbocycles. The van der Waals surface area contributed by atoms with Crippen LogP contribution in [0, 0.1) is 0 Å². The van der Waals surface area contributed by atoms with Crippen molar-refractivity contribution in [2.24, 2.45) is 0 Å². The fourth-order valence-electron chi connectivity index (χ4n) is 1.23. The Morgan fingerprint density at radius 2 is 1.77 bits per heavy atom. The van der Waals surface area contributed by atoms with Crippen molar-refractivity contribution < 1.29 is 0 Å². The van der Waals surface area contributed by atoms with E-state index in [0.717, 1.165) is 11.3 Å². The van der Waals surface area contributed by atoms with Crippen molar-refractivity contribution in [3.8, 4) is 11.3 Å². The number of anilines is 2. The zero-order valence-corrected chi connectivity index (χ0v) is 6.99. The van der Waals surface area contributed by atoms with Gasteiger partial charge in [0.1, 0.15) is 0 Å². The van der Waals surface area contributed by atoms with Crippen LogP contribution in [0.2, 0.25) is 0 Å². The lowest BCUT2D eigenvalue weighted by atomic mass is 10.2. The molecular weight excluding hydrogens is 164 g/mol. The Bertz CT molecular complexity index is 405. The molecule has 0 radical (unpaired) electrons. The lowest BCUT2D eigenvalue weighted by Gasteiger charge is -1.96. The second-order valence-corrected chi connectivity index (χ2v) is 2.75. The highest BCUT2D eigenvalue weighted by molar-refractivity contribution is 5.71. The Balaban J connectivity index is 2.53. The first-order chi connectivity index (χ1) is 6.27. The Labute approximate surface area is 75.6 Å². The van der Waals surface area contributed by atoms with Gasteiger partial charge >= 0.3 is 0 Å². The fraction of sp³-hybridized carbons (Fsp3) is 0. The topological polar surface area (TPSA) is 80.7 Å². The van der Waals surface area contributed by atoms with Crippen LogP contribution in [-0.2, 0) is 0 Å². The number of aromatic amines is 1. The monoisotopic (exact) mass is 174 g/mol. The van der Waals surface area contributed by atoms with Crippen LogP contribution in [0.5, 0.6) is 0 Å². The highest BCUT2D eigenvalue weighted by Gasteiger charge is 2.05. The van der Waals surface area contributed by atoms with Crippen molar-refractivity contribution >= 4 is 11.8 Å². The SMILES string of the molecule is Nc1nc(N)c(-c2ccccc2)[nH]1. The summed E-state index contributed by atoms with van der Waals surface area (Å²) in [5.41, 5.74) is 12.9. The number of nitrogens with two attached hydrogens (primary N) is 2. The van der Waals surface area contributed by atoms with E-state index in [0.29, 0.717) is 11.8 Å². The van der Waals surface area contributed by atoms with Crippen LogP contribution in [0.4, 0.5) is 11.8 Å². The van der Waals surface area contributed by atoms with Gasteiger partial charge in [0, 0.05) is 5.56 Å². The number of nitrogens with one attached hydrogen (secondary N) is 1. The highest BCUT2D eigenvalue weighted by Crippen LogP contribution is 2.23. The Morgan fingerprint density at radius 1 is 1.08 bits per heavy atom. The van der Waals surface area contributed by atoms with Gasteiger partial charge in [-0.25, -0.2) is 0 Å². The Kier molecular flexibility index (Phi) is 1.66. The van der Waals surface area contributed by atoms with Gasteiger partial charge in [-0.1, -0.05) is 30.3 Å². The first-order valence-electron chi connectivity index (χ1n) is 3.94. The largest absolute Gasteiger partial charge is 0.382 e. The van der Waals surface area contributed by atoms with Crippen molar-refractivity contribution in [2.75, 3.05) is 11.5 Å². The number of H-pyrrole nitrogens is 1. The van der Waals surface area contributed by atoms with Gasteiger partial charge in [-0.3, -0.25) is 0 Å². The van der Waals surface area contributed by atoms with Crippen LogP contribution in [0.3, 0.4) is 0 Å². The van der Waals surface area contributed by atoms with Gasteiger partial charge in [-0.2, -0.15) is 4.98 Å². The quantitative estimate of drug-likeness (QED) is 0.608. The van der Waals surface area contributed by atoms with E-state index in [1.807, 2.05) is 30.3 Å². The lowest BCUT2D eigenvalue weighted by Crippen LogP contribution is -1.88. The smallest absolute Gasteiger partial charge is 0.199 e. The lowest BCUT2D eigenvalue weighted by molar-refractivity contribution is 1.33. The predicted octanol–water partition coefficient (Wildman–Crippen LogP) is 1.24.